The van der Waals surface area contributed by atoms with Crippen molar-refractivity contribution in [1.82, 2.24) is 4.90 Å². The Kier molecular flexibility index (Phi) is 6.12. The van der Waals surface area contributed by atoms with Crippen LogP contribution in [0.2, 0.25) is 0 Å². The fraction of sp³-hybridized carbons (Fsp3) is 0.185. The SMILES string of the molecule is NC(=O)c1ccc(NC(=O)c2ccc(CN(C(=O)c3ccc4c(c3)OCC(=O)N4)C3CC3)cc2)cc1. The van der Waals surface area contributed by atoms with E-state index in [1.807, 2.05) is 17.0 Å². The number of carbonyl (C=O) groups is 4. The number of hydrogen-bond acceptors (Lipinski definition) is 5. The Morgan fingerprint density at radius 1 is 0.944 bits per heavy atom. The first kappa shape index (κ1) is 23.1. The van der Waals surface area contributed by atoms with E-state index < -0.39 is 5.91 Å². The number of hydrogen-bond donors (Lipinski definition) is 3. The highest BCUT2D eigenvalue weighted by Crippen LogP contribution is 2.33. The van der Waals surface area contributed by atoms with Gasteiger partial charge in [0.15, 0.2) is 6.61 Å². The zero-order chi connectivity index (χ0) is 25.2. The van der Waals surface area contributed by atoms with Crippen LogP contribution in [0, 0.1) is 0 Å². The molecule has 9 nitrogen and oxygen atoms in total. The van der Waals surface area contributed by atoms with Crippen LogP contribution in [0.15, 0.2) is 66.7 Å². The van der Waals surface area contributed by atoms with Crippen molar-refractivity contribution < 1.29 is 23.9 Å². The van der Waals surface area contributed by atoms with E-state index in [2.05, 4.69) is 10.6 Å². The number of nitrogens with zero attached hydrogens (tertiary/aromatic N) is 1. The van der Waals surface area contributed by atoms with Gasteiger partial charge in [0.1, 0.15) is 5.75 Å². The Hall–Kier alpha value is -4.66. The number of carbonyl (C=O) groups excluding carboxylic acids is 4. The third-order valence-corrected chi connectivity index (χ3v) is 6.11. The van der Waals surface area contributed by atoms with Gasteiger partial charge >= 0.3 is 0 Å². The molecule has 0 bridgehead atoms. The second kappa shape index (κ2) is 9.53. The second-order valence-electron chi connectivity index (χ2n) is 8.80. The van der Waals surface area contributed by atoms with Crippen molar-refractivity contribution in [2.75, 3.05) is 17.2 Å². The smallest absolute Gasteiger partial charge is 0.262 e. The summed E-state index contributed by atoms with van der Waals surface area (Å²) in [7, 11) is 0. The highest BCUT2D eigenvalue weighted by molar-refractivity contribution is 6.04. The van der Waals surface area contributed by atoms with Crippen LogP contribution < -0.4 is 21.1 Å². The van der Waals surface area contributed by atoms with Crippen LogP contribution in [0.5, 0.6) is 5.75 Å². The van der Waals surface area contributed by atoms with Crippen molar-refractivity contribution in [3.63, 3.8) is 0 Å². The maximum absolute atomic E-state index is 13.3. The number of rotatable bonds is 7. The molecule has 0 unspecified atom stereocenters. The molecule has 4 N–H and O–H groups in total. The molecule has 0 aromatic heterocycles. The second-order valence-corrected chi connectivity index (χ2v) is 8.80. The molecule has 1 heterocycles. The molecule has 4 amide bonds. The highest BCUT2D eigenvalue weighted by atomic mass is 16.5. The van der Waals surface area contributed by atoms with Gasteiger partial charge in [-0.3, -0.25) is 19.2 Å². The molecule has 2 aliphatic rings. The predicted molar refractivity (Wildman–Crippen MR) is 133 cm³/mol. The Morgan fingerprint density at radius 3 is 2.28 bits per heavy atom. The van der Waals surface area contributed by atoms with E-state index in [0.29, 0.717) is 40.4 Å². The molecule has 1 aliphatic carbocycles. The summed E-state index contributed by atoms with van der Waals surface area (Å²) in [6.45, 7) is 0.338. The normalized spacial score (nSPS) is 14.2. The van der Waals surface area contributed by atoms with Gasteiger partial charge in [-0.1, -0.05) is 12.1 Å². The predicted octanol–water partition coefficient (Wildman–Crippen LogP) is 3.17. The summed E-state index contributed by atoms with van der Waals surface area (Å²) >= 11 is 0. The van der Waals surface area contributed by atoms with Gasteiger partial charge in [0.2, 0.25) is 5.91 Å². The van der Waals surface area contributed by atoms with Gasteiger partial charge in [0.25, 0.3) is 17.7 Å². The van der Waals surface area contributed by atoms with Crippen LogP contribution in [0.25, 0.3) is 0 Å². The van der Waals surface area contributed by atoms with Gasteiger partial charge in [-0.25, -0.2) is 0 Å². The summed E-state index contributed by atoms with van der Waals surface area (Å²) in [5.41, 5.74) is 8.57. The summed E-state index contributed by atoms with van der Waals surface area (Å²) in [4.78, 5) is 50.4. The lowest BCUT2D eigenvalue weighted by Gasteiger charge is -2.24. The molecule has 9 heteroatoms. The molecular weight excluding hydrogens is 460 g/mol. The van der Waals surface area contributed by atoms with Gasteiger partial charge in [0, 0.05) is 35.0 Å². The summed E-state index contributed by atoms with van der Waals surface area (Å²) in [6, 6.07) is 18.6. The van der Waals surface area contributed by atoms with Crippen LogP contribution in [-0.2, 0) is 11.3 Å². The largest absolute Gasteiger partial charge is 0.482 e. The Labute approximate surface area is 207 Å². The standard InChI is InChI=1S/C27H24N4O5/c28-25(33)17-5-8-20(9-6-17)29-26(34)18-3-1-16(2-4-18)14-31(21-10-11-21)27(35)19-7-12-22-23(13-19)36-15-24(32)30-22/h1-9,12-13,21H,10-11,14-15H2,(H2,28,33)(H,29,34)(H,30,32). The first-order chi connectivity index (χ1) is 17.4. The fourth-order valence-electron chi connectivity index (χ4n) is 4.01. The van der Waals surface area contributed by atoms with E-state index in [1.165, 1.54) is 0 Å². The van der Waals surface area contributed by atoms with Crippen LogP contribution in [0.1, 0.15) is 49.5 Å². The highest BCUT2D eigenvalue weighted by Gasteiger charge is 2.33. The van der Waals surface area contributed by atoms with Crippen LogP contribution in [0.4, 0.5) is 11.4 Å². The van der Waals surface area contributed by atoms with Crippen LogP contribution in [0.3, 0.4) is 0 Å². The zero-order valence-electron chi connectivity index (χ0n) is 19.3. The Balaban J connectivity index is 1.25. The molecule has 0 radical (unpaired) electrons. The van der Waals surface area contributed by atoms with E-state index in [1.54, 1.807) is 54.6 Å². The van der Waals surface area contributed by atoms with Crippen LogP contribution >= 0.6 is 0 Å². The first-order valence-corrected chi connectivity index (χ1v) is 11.6. The molecule has 1 saturated carbocycles. The van der Waals surface area contributed by atoms with Crippen molar-refractivity contribution in [1.29, 1.82) is 0 Å². The molecule has 182 valence electrons. The molecule has 1 fully saturated rings. The van der Waals surface area contributed by atoms with Crippen molar-refractivity contribution in [2.45, 2.75) is 25.4 Å². The average Bonchev–Trinajstić information content (AvgIpc) is 3.72. The zero-order valence-corrected chi connectivity index (χ0v) is 19.3. The monoisotopic (exact) mass is 484 g/mol. The molecule has 3 aromatic carbocycles. The van der Waals surface area contributed by atoms with E-state index in [-0.39, 0.29) is 30.4 Å². The fourth-order valence-corrected chi connectivity index (χ4v) is 4.01. The first-order valence-electron chi connectivity index (χ1n) is 11.6. The van der Waals surface area contributed by atoms with Crippen molar-refractivity contribution in [2.24, 2.45) is 5.73 Å². The van der Waals surface area contributed by atoms with Crippen molar-refractivity contribution >= 4 is 35.0 Å². The van der Waals surface area contributed by atoms with Gasteiger partial charge in [-0.2, -0.15) is 0 Å². The summed E-state index contributed by atoms with van der Waals surface area (Å²) in [5, 5.41) is 5.51. The van der Waals surface area contributed by atoms with Crippen molar-refractivity contribution in [3.05, 3.63) is 89.0 Å². The lowest BCUT2D eigenvalue weighted by atomic mass is 10.1. The Bertz CT molecular complexity index is 1350. The number of benzene rings is 3. The van der Waals surface area contributed by atoms with Gasteiger partial charge in [-0.15, -0.1) is 0 Å². The lowest BCUT2D eigenvalue weighted by molar-refractivity contribution is -0.118. The minimum Gasteiger partial charge on any atom is -0.482 e. The van der Waals surface area contributed by atoms with Gasteiger partial charge in [0.05, 0.1) is 5.69 Å². The minimum atomic E-state index is -0.532. The molecule has 0 spiro atoms. The summed E-state index contributed by atoms with van der Waals surface area (Å²) < 4.78 is 5.45. The van der Waals surface area contributed by atoms with E-state index in [4.69, 9.17) is 10.5 Å². The average molecular weight is 485 g/mol. The van der Waals surface area contributed by atoms with E-state index in [9.17, 15) is 19.2 Å². The molecule has 1 aliphatic heterocycles. The van der Waals surface area contributed by atoms with Gasteiger partial charge in [-0.05, 0) is 73.0 Å². The third kappa shape index (κ3) is 5.05. The van der Waals surface area contributed by atoms with Crippen molar-refractivity contribution in [3.8, 4) is 5.75 Å². The molecule has 3 aromatic rings. The Morgan fingerprint density at radius 2 is 1.61 bits per heavy atom. The number of anilines is 2. The summed E-state index contributed by atoms with van der Waals surface area (Å²) in [6.07, 6.45) is 1.89. The van der Waals surface area contributed by atoms with E-state index >= 15 is 0 Å². The number of primary amides is 1. The number of nitrogens with two attached hydrogens (primary N) is 1. The molecule has 0 saturated heterocycles. The number of amides is 4. The maximum atomic E-state index is 13.3. The number of nitrogens with one attached hydrogen (secondary N) is 2. The minimum absolute atomic E-state index is 0.0738. The number of fused-ring (bicyclic) bond motifs is 1. The molecule has 0 atom stereocenters. The maximum Gasteiger partial charge on any atom is 0.262 e. The molecule has 5 rings (SSSR count). The third-order valence-electron chi connectivity index (χ3n) is 6.11. The molecular formula is C27H24N4O5. The molecule has 36 heavy (non-hydrogen) atoms. The van der Waals surface area contributed by atoms with E-state index in [0.717, 1.165) is 18.4 Å². The number of ether oxygens (including phenoxy) is 1. The topological polar surface area (TPSA) is 131 Å². The van der Waals surface area contributed by atoms with Crippen LogP contribution in [-0.4, -0.2) is 41.2 Å². The quantitative estimate of drug-likeness (QED) is 0.474. The summed E-state index contributed by atoms with van der Waals surface area (Å²) in [5.74, 6) is -0.669. The lowest BCUT2D eigenvalue weighted by Crippen LogP contribution is -2.33. The van der Waals surface area contributed by atoms with Gasteiger partial charge < -0.3 is 26.0 Å².